The van der Waals surface area contributed by atoms with Crippen LogP contribution in [0.2, 0.25) is 0 Å². The SMILES string of the molecule is CCCCc1nc2c(N)nc(C)c(C)c2n1CCCCCSC. The van der Waals surface area contributed by atoms with Crippen LogP contribution in [0, 0.1) is 13.8 Å². The summed E-state index contributed by atoms with van der Waals surface area (Å²) in [5.41, 5.74) is 10.5. The third-order valence-corrected chi connectivity index (χ3v) is 5.16. The van der Waals surface area contributed by atoms with E-state index >= 15 is 0 Å². The van der Waals surface area contributed by atoms with Crippen LogP contribution in [0.4, 0.5) is 5.82 Å². The minimum absolute atomic E-state index is 0.571. The first-order chi connectivity index (χ1) is 11.1. The van der Waals surface area contributed by atoms with Gasteiger partial charge in [-0.2, -0.15) is 11.8 Å². The lowest BCUT2D eigenvalue weighted by Crippen LogP contribution is -2.06. The number of rotatable bonds is 9. The van der Waals surface area contributed by atoms with E-state index in [1.807, 2.05) is 18.7 Å². The maximum absolute atomic E-state index is 6.14. The molecule has 0 aliphatic carbocycles. The van der Waals surface area contributed by atoms with Gasteiger partial charge in [0.1, 0.15) is 11.3 Å². The van der Waals surface area contributed by atoms with Gasteiger partial charge in [-0.1, -0.05) is 19.8 Å². The van der Waals surface area contributed by atoms with E-state index in [2.05, 4.69) is 29.7 Å². The molecule has 23 heavy (non-hydrogen) atoms. The molecule has 0 atom stereocenters. The number of anilines is 1. The van der Waals surface area contributed by atoms with Crippen LogP contribution in [-0.2, 0) is 13.0 Å². The number of nitrogens with zero attached hydrogens (tertiary/aromatic N) is 3. The second kappa shape index (κ2) is 8.57. The molecule has 0 amide bonds. The van der Waals surface area contributed by atoms with Gasteiger partial charge in [-0.25, -0.2) is 9.97 Å². The van der Waals surface area contributed by atoms with Crippen molar-refractivity contribution in [1.29, 1.82) is 0 Å². The number of aryl methyl sites for hydroxylation is 4. The summed E-state index contributed by atoms with van der Waals surface area (Å²) in [6.45, 7) is 7.43. The number of unbranched alkanes of at least 4 members (excludes halogenated alkanes) is 3. The van der Waals surface area contributed by atoms with Crippen molar-refractivity contribution in [3.05, 3.63) is 17.1 Å². The molecular weight excluding hydrogens is 304 g/mol. The maximum Gasteiger partial charge on any atom is 0.151 e. The number of nitrogen functional groups attached to an aromatic ring is 1. The fraction of sp³-hybridized carbons (Fsp3) is 0.667. The molecule has 0 saturated carbocycles. The molecule has 0 bridgehead atoms. The Bertz CT molecular complexity index is 648. The molecule has 2 aromatic rings. The second-order valence-corrected chi connectivity index (χ2v) is 7.23. The number of nitrogens with two attached hydrogens (primary N) is 1. The van der Waals surface area contributed by atoms with Crippen LogP contribution in [-0.4, -0.2) is 26.5 Å². The van der Waals surface area contributed by atoms with Gasteiger partial charge in [-0.05, 0) is 50.7 Å². The Morgan fingerprint density at radius 2 is 1.87 bits per heavy atom. The molecule has 4 nitrogen and oxygen atoms in total. The van der Waals surface area contributed by atoms with E-state index in [1.54, 1.807) is 0 Å². The molecule has 128 valence electrons. The fourth-order valence-corrected chi connectivity index (χ4v) is 3.50. The lowest BCUT2D eigenvalue weighted by molar-refractivity contribution is 0.584. The highest BCUT2D eigenvalue weighted by molar-refractivity contribution is 7.98. The minimum atomic E-state index is 0.571. The molecule has 0 aromatic carbocycles. The summed E-state index contributed by atoms with van der Waals surface area (Å²) >= 11 is 1.93. The number of fused-ring (bicyclic) bond motifs is 1. The predicted molar refractivity (Wildman–Crippen MR) is 102 cm³/mol. The number of hydrogen-bond donors (Lipinski definition) is 1. The molecule has 0 aliphatic rings. The van der Waals surface area contributed by atoms with Crippen LogP contribution in [0.1, 0.15) is 56.1 Å². The molecule has 0 unspecified atom stereocenters. The monoisotopic (exact) mass is 334 g/mol. The zero-order valence-corrected chi connectivity index (χ0v) is 15.8. The summed E-state index contributed by atoms with van der Waals surface area (Å²) in [6.07, 6.45) is 9.31. The summed E-state index contributed by atoms with van der Waals surface area (Å²) in [5, 5.41) is 0. The van der Waals surface area contributed by atoms with Gasteiger partial charge in [0.25, 0.3) is 0 Å². The standard InChI is InChI=1S/C18H30N4S/c1-5-6-10-15-21-16-17(13(2)14(3)20-18(16)19)22(15)11-8-7-9-12-23-4/h5-12H2,1-4H3,(H2,19,20). The Kier molecular flexibility index (Phi) is 6.75. The molecule has 5 heteroatoms. The molecule has 2 heterocycles. The topological polar surface area (TPSA) is 56.7 Å². The normalized spacial score (nSPS) is 11.5. The Hall–Kier alpha value is -1.23. The first-order valence-electron chi connectivity index (χ1n) is 8.70. The first-order valence-corrected chi connectivity index (χ1v) is 10.1. The van der Waals surface area contributed by atoms with Gasteiger partial charge in [0.2, 0.25) is 0 Å². The van der Waals surface area contributed by atoms with Crippen molar-refractivity contribution in [1.82, 2.24) is 14.5 Å². The third-order valence-electron chi connectivity index (χ3n) is 4.46. The molecule has 0 saturated heterocycles. The molecule has 0 spiro atoms. The quantitative estimate of drug-likeness (QED) is 0.686. The summed E-state index contributed by atoms with van der Waals surface area (Å²) in [4.78, 5) is 9.29. The highest BCUT2D eigenvalue weighted by atomic mass is 32.2. The molecule has 0 radical (unpaired) electrons. The van der Waals surface area contributed by atoms with Gasteiger partial charge < -0.3 is 10.3 Å². The van der Waals surface area contributed by atoms with E-state index < -0.39 is 0 Å². The van der Waals surface area contributed by atoms with E-state index in [4.69, 9.17) is 10.7 Å². The van der Waals surface area contributed by atoms with Crippen molar-refractivity contribution in [2.45, 2.75) is 65.8 Å². The van der Waals surface area contributed by atoms with E-state index in [0.717, 1.165) is 24.2 Å². The van der Waals surface area contributed by atoms with Crippen molar-refractivity contribution in [3.63, 3.8) is 0 Å². The van der Waals surface area contributed by atoms with Gasteiger partial charge in [0.15, 0.2) is 5.82 Å². The highest BCUT2D eigenvalue weighted by Crippen LogP contribution is 2.27. The Labute approximate surface area is 144 Å². The van der Waals surface area contributed by atoms with Crippen molar-refractivity contribution < 1.29 is 0 Å². The highest BCUT2D eigenvalue weighted by Gasteiger charge is 2.17. The van der Waals surface area contributed by atoms with Crippen LogP contribution < -0.4 is 5.73 Å². The number of hydrogen-bond acceptors (Lipinski definition) is 4. The number of pyridine rings is 1. The predicted octanol–water partition coefficient (Wildman–Crippen LogP) is 4.51. The van der Waals surface area contributed by atoms with Crippen molar-refractivity contribution in [2.75, 3.05) is 17.7 Å². The van der Waals surface area contributed by atoms with Crippen molar-refractivity contribution in [3.8, 4) is 0 Å². The largest absolute Gasteiger partial charge is 0.382 e. The van der Waals surface area contributed by atoms with Gasteiger partial charge >= 0.3 is 0 Å². The zero-order valence-electron chi connectivity index (χ0n) is 15.0. The molecule has 0 fully saturated rings. The lowest BCUT2D eigenvalue weighted by atomic mass is 10.1. The van der Waals surface area contributed by atoms with Crippen molar-refractivity contribution in [2.24, 2.45) is 0 Å². The molecule has 0 aliphatic heterocycles. The van der Waals surface area contributed by atoms with Gasteiger partial charge in [-0.3, -0.25) is 0 Å². The number of aromatic nitrogens is 3. The number of imidazole rings is 1. The van der Waals surface area contributed by atoms with Crippen LogP contribution in [0.3, 0.4) is 0 Å². The second-order valence-electron chi connectivity index (χ2n) is 6.24. The maximum atomic E-state index is 6.14. The molecular formula is C18H30N4S. The van der Waals surface area contributed by atoms with E-state index in [-0.39, 0.29) is 0 Å². The van der Waals surface area contributed by atoms with E-state index in [1.165, 1.54) is 54.8 Å². The Balaban J connectivity index is 2.33. The van der Waals surface area contributed by atoms with Gasteiger partial charge in [-0.15, -0.1) is 0 Å². The van der Waals surface area contributed by atoms with E-state index in [0.29, 0.717) is 5.82 Å². The number of thioether (sulfide) groups is 1. The average Bonchev–Trinajstić information content (AvgIpc) is 2.90. The summed E-state index contributed by atoms with van der Waals surface area (Å²) < 4.78 is 2.41. The molecule has 2 N–H and O–H groups in total. The van der Waals surface area contributed by atoms with Crippen LogP contribution in [0.15, 0.2) is 0 Å². The summed E-state index contributed by atoms with van der Waals surface area (Å²) in [7, 11) is 0. The molecule has 2 aromatic heterocycles. The van der Waals surface area contributed by atoms with Crippen LogP contribution in [0.5, 0.6) is 0 Å². The minimum Gasteiger partial charge on any atom is -0.382 e. The smallest absolute Gasteiger partial charge is 0.151 e. The van der Waals surface area contributed by atoms with Crippen LogP contribution in [0.25, 0.3) is 11.0 Å². The average molecular weight is 335 g/mol. The lowest BCUT2D eigenvalue weighted by Gasteiger charge is -2.11. The first kappa shape index (κ1) is 18.1. The fourth-order valence-electron chi connectivity index (χ4n) is 3.01. The third kappa shape index (κ3) is 4.19. The van der Waals surface area contributed by atoms with E-state index in [9.17, 15) is 0 Å². The Morgan fingerprint density at radius 1 is 1.09 bits per heavy atom. The Morgan fingerprint density at radius 3 is 2.57 bits per heavy atom. The van der Waals surface area contributed by atoms with Gasteiger partial charge in [0, 0.05) is 18.7 Å². The summed E-state index contributed by atoms with van der Waals surface area (Å²) in [6, 6.07) is 0. The zero-order chi connectivity index (χ0) is 16.8. The van der Waals surface area contributed by atoms with Crippen LogP contribution >= 0.6 is 11.8 Å². The van der Waals surface area contributed by atoms with Gasteiger partial charge in [0.05, 0.1) is 5.52 Å². The molecule has 2 rings (SSSR count). The van der Waals surface area contributed by atoms with Crippen molar-refractivity contribution >= 4 is 28.6 Å². The summed E-state index contributed by atoms with van der Waals surface area (Å²) in [5.74, 6) is 3.00.